The van der Waals surface area contributed by atoms with Crippen molar-refractivity contribution in [3.8, 4) is 0 Å². The van der Waals surface area contributed by atoms with Crippen LogP contribution in [0.2, 0.25) is 0 Å². The van der Waals surface area contributed by atoms with Crippen LogP contribution in [-0.4, -0.2) is 6.54 Å². The summed E-state index contributed by atoms with van der Waals surface area (Å²) >= 11 is 0. The van der Waals surface area contributed by atoms with Crippen LogP contribution in [0.3, 0.4) is 0 Å². The first-order valence-electron chi connectivity index (χ1n) is 4.11. The maximum absolute atomic E-state index is 12.9. The molecular formula is C10H9F4N. The Kier molecular flexibility index (Phi) is 3.14. The maximum atomic E-state index is 12.9. The molecule has 0 bridgehead atoms. The summed E-state index contributed by atoms with van der Waals surface area (Å²) in [6, 6.07) is 2.70. The lowest BCUT2D eigenvalue weighted by molar-refractivity contribution is -0.140. The number of benzene rings is 1. The van der Waals surface area contributed by atoms with Gasteiger partial charge in [-0.15, -0.1) is 0 Å². The number of hydrogen-bond donors (Lipinski definition) is 1. The number of nitrogens with two attached hydrogens (primary N) is 1. The van der Waals surface area contributed by atoms with E-state index >= 15 is 0 Å². The molecule has 2 N–H and O–H groups in total. The van der Waals surface area contributed by atoms with Crippen LogP contribution in [0, 0.1) is 5.82 Å². The van der Waals surface area contributed by atoms with Gasteiger partial charge in [0, 0.05) is 6.54 Å². The minimum absolute atomic E-state index is 0.0307. The Bertz CT molecular complexity index is 381. The first-order chi connectivity index (χ1) is 6.86. The van der Waals surface area contributed by atoms with E-state index in [0.717, 1.165) is 6.07 Å². The van der Waals surface area contributed by atoms with Crippen LogP contribution in [0.1, 0.15) is 11.1 Å². The molecule has 0 atom stereocenters. The van der Waals surface area contributed by atoms with Gasteiger partial charge in [-0.25, -0.2) is 4.39 Å². The summed E-state index contributed by atoms with van der Waals surface area (Å²) in [5, 5.41) is 0. The summed E-state index contributed by atoms with van der Waals surface area (Å²) in [7, 11) is 0. The molecule has 0 amide bonds. The smallest absolute Gasteiger partial charge is 0.326 e. The van der Waals surface area contributed by atoms with Gasteiger partial charge < -0.3 is 5.73 Å². The first kappa shape index (κ1) is 11.7. The molecule has 0 saturated carbocycles. The Hall–Kier alpha value is -1.36. The van der Waals surface area contributed by atoms with Gasteiger partial charge in [-0.1, -0.05) is 12.6 Å². The predicted molar refractivity (Wildman–Crippen MR) is 49.5 cm³/mol. The lowest BCUT2D eigenvalue weighted by atomic mass is 10.0. The average Bonchev–Trinajstić information content (AvgIpc) is 2.15. The molecule has 0 saturated heterocycles. The summed E-state index contributed by atoms with van der Waals surface area (Å²) in [6.45, 7) is 3.51. The lowest BCUT2D eigenvalue weighted by Crippen LogP contribution is -2.09. The summed E-state index contributed by atoms with van der Waals surface area (Å²) in [5.74, 6) is -1.30. The standard InChI is InChI=1S/C10H9F4N/c1-6(5-15)7-2-3-9(11)8(4-7)10(12,13)14/h2-4H,1,5,15H2. The minimum Gasteiger partial charge on any atom is -0.326 e. The number of halogens is 4. The van der Waals surface area contributed by atoms with Gasteiger partial charge in [0.25, 0.3) is 0 Å². The fourth-order valence-corrected chi connectivity index (χ4v) is 1.08. The molecule has 82 valence electrons. The fourth-order valence-electron chi connectivity index (χ4n) is 1.08. The van der Waals surface area contributed by atoms with E-state index in [4.69, 9.17) is 5.73 Å². The van der Waals surface area contributed by atoms with Gasteiger partial charge >= 0.3 is 6.18 Å². The molecule has 0 aliphatic carbocycles. The Morgan fingerprint density at radius 3 is 2.40 bits per heavy atom. The highest BCUT2D eigenvalue weighted by atomic mass is 19.4. The van der Waals surface area contributed by atoms with E-state index in [9.17, 15) is 17.6 Å². The second-order valence-corrected chi connectivity index (χ2v) is 3.00. The Morgan fingerprint density at radius 1 is 1.33 bits per heavy atom. The highest BCUT2D eigenvalue weighted by molar-refractivity contribution is 5.65. The molecule has 0 aliphatic heterocycles. The van der Waals surface area contributed by atoms with E-state index in [1.165, 1.54) is 6.07 Å². The van der Waals surface area contributed by atoms with E-state index < -0.39 is 17.6 Å². The van der Waals surface area contributed by atoms with Gasteiger partial charge in [-0.05, 0) is 23.3 Å². The summed E-state index contributed by atoms with van der Waals surface area (Å²) < 4.78 is 49.7. The molecule has 0 aliphatic rings. The van der Waals surface area contributed by atoms with Crippen molar-refractivity contribution in [3.05, 3.63) is 41.7 Å². The van der Waals surface area contributed by atoms with Crippen molar-refractivity contribution in [2.45, 2.75) is 6.18 Å². The topological polar surface area (TPSA) is 26.0 Å². The summed E-state index contributed by atoms with van der Waals surface area (Å²) in [5.41, 5.74) is 4.46. The molecule has 1 aromatic carbocycles. The monoisotopic (exact) mass is 219 g/mol. The third-order valence-corrected chi connectivity index (χ3v) is 1.93. The zero-order valence-corrected chi connectivity index (χ0v) is 7.74. The van der Waals surface area contributed by atoms with Crippen molar-refractivity contribution in [2.75, 3.05) is 6.54 Å². The number of rotatable bonds is 2. The van der Waals surface area contributed by atoms with Gasteiger partial charge in [0.1, 0.15) is 5.82 Å². The maximum Gasteiger partial charge on any atom is 0.419 e. The van der Waals surface area contributed by atoms with Crippen molar-refractivity contribution < 1.29 is 17.6 Å². The van der Waals surface area contributed by atoms with Crippen molar-refractivity contribution in [2.24, 2.45) is 5.73 Å². The largest absolute Gasteiger partial charge is 0.419 e. The van der Waals surface area contributed by atoms with Crippen LogP contribution in [-0.2, 0) is 6.18 Å². The predicted octanol–water partition coefficient (Wildman–Crippen LogP) is 2.82. The Labute approximate surface area is 84.2 Å². The van der Waals surface area contributed by atoms with E-state index in [1.807, 2.05) is 0 Å². The quantitative estimate of drug-likeness (QED) is 0.760. The van der Waals surface area contributed by atoms with Crippen LogP contribution in [0.25, 0.3) is 5.57 Å². The van der Waals surface area contributed by atoms with E-state index in [-0.39, 0.29) is 12.1 Å². The molecule has 0 fully saturated rings. The normalized spacial score (nSPS) is 11.5. The number of alkyl halides is 3. The zero-order valence-electron chi connectivity index (χ0n) is 7.74. The zero-order chi connectivity index (χ0) is 11.6. The molecule has 15 heavy (non-hydrogen) atoms. The van der Waals surface area contributed by atoms with Crippen LogP contribution in [0.4, 0.5) is 17.6 Å². The molecule has 1 rings (SSSR count). The second kappa shape index (κ2) is 4.02. The molecular weight excluding hydrogens is 210 g/mol. The van der Waals surface area contributed by atoms with E-state index in [2.05, 4.69) is 6.58 Å². The van der Waals surface area contributed by atoms with Gasteiger partial charge in [-0.3, -0.25) is 0 Å². The van der Waals surface area contributed by atoms with Crippen molar-refractivity contribution in [1.29, 1.82) is 0 Å². The third-order valence-electron chi connectivity index (χ3n) is 1.93. The molecule has 0 radical (unpaired) electrons. The molecule has 0 aromatic heterocycles. The Morgan fingerprint density at radius 2 is 1.93 bits per heavy atom. The summed E-state index contributed by atoms with van der Waals surface area (Å²) in [4.78, 5) is 0. The molecule has 0 spiro atoms. The molecule has 1 nitrogen and oxygen atoms in total. The van der Waals surface area contributed by atoms with Crippen LogP contribution >= 0.6 is 0 Å². The van der Waals surface area contributed by atoms with Crippen LogP contribution < -0.4 is 5.73 Å². The van der Waals surface area contributed by atoms with Gasteiger partial charge in [0.05, 0.1) is 5.56 Å². The average molecular weight is 219 g/mol. The van der Waals surface area contributed by atoms with Crippen molar-refractivity contribution >= 4 is 5.57 Å². The van der Waals surface area contributed by atoms with Crippen molar-refractivity contribution in [1.82, 2.24) is 0 Å². The third kappa shape index (κ3) is 2.56. The lowest BCUT2D eigenvalue weighted by Gasteiger charge is -2.10. The molecule has 1 aromatic rings. The van der Waals surface area contributed by atoms with Gasteiger partial charge in [0.15, 0.2) is 0 Å². The molecule has 0 unspecified atom stereocenters. The van der Waals surface area contributed by atoms with Crippen LogP contribution in [0.15, 0.2) is 24.8 Å². The highest BCUT2D eigenvalue weighted by Gasteiger charge is 2.34. The van der Waals surface area contributed by atoms with Crippen molar-refractivity contribution in [3.63, 3.8) is 0 Å². The van der Waals surface area contributed by atoms with E-state index in [1.54, 1.807) is 0 Å². The van der Waals surface area contributed by atoms with E-state index in [0.29, 0.717) is 11.6 Å². The SMILES string of the molecule is C=C(CN)c1ccc(F)c(C(F)(F)F)c1. The fraction of sp³-hybridized carbons (Fsp3) is 0.200. The summed E-state index contributed by atoms with van der Waals surface area (Å²) in [6.07, 6.45) is -4.70. The highest BCUT2D eigenvalue weighted by Crippen LogP contribution is 2.32. The Balaban J connectivity index is 3.23. The number of hydrogen-bond acceptors (Lipinski definition) is 1. The van der Waals surface area contributed by atoms with Gasteiger partial charge in [-0.2, -0.15) is 13.2 Å². The van der Waals surface area contributed by atoms with Crippen LogP contribution in [0.5, 0.6) is 0 Å². The molecule has 0 heterocycles. The molecule has 5 heteroatoms. The first-order valence-corrected chi connectivity index (χ1v) is 4.11. The minimum atomic E-state index is -4.70. The van der Waals surface area contributed by atoms with Gasteiger partial charge in [0.2, 0.25) is 0 Å². The second-order valence-electron chi connectivity index (χ2n) is 3.00.